The molecule has 4 heteroatoms. The van der Waals surface area contributed by atoms with Gasteiger partial charge in [0.05, 0.1) is 11.8 Å². The summed E-state index contributed by atoms with van der Waals surface area (Å²) in [5.74, 6) is 2.02. The van der Waals surface area contributed by atoms with Gasteiger partial charge in [-0.25, -0.2) is 0 Å². The van der Waals surface area contributed by atoms with Gasteiger partial charge in [0.25, 0.3) is 0 Å². The highest BCUT2D eigenvalue weighted by molar-refractivity contribution is 7.98. The summed E-state index contributed by atoms with van der Waals surface area (Å²) in [5, 5.41) is 3.42. The summed E-state index contributed by atoms with van der Waals surface area (Å²) in [4.78, 5) is 0. The highest BCUT2D eigenvalue weighted by Gasteiger charge is 2.04. The van der Waals surface area contributed by atoms with E-state index in [1.54, 1.807) is 0 Å². The van der Waals surface area contributed by atoms with Crippen molar-refractivity contribution in [3.05, 3.63) is 18.2 Å². The molecular formula is C15H26N2OS. The summed E-state index contributed by atoms with van der Waals surface area (Å²) in [6.07, 6.45) is 6.07. The van der Waals surface area contributed by atoms with E-state index in [9.17, 15) is 0 Å². The third-order valence-electron chi connectivity index (χ3n) is 2.73. The minimum Gasteiger partial charge on any atom is -0.489 e. The summed E-state index contributed by atoms with van der Waals surface area (Å²) in [7, 11) is 0. The molecule has 1 aromatic carbocycles. The molecule has 0 saturated carbocycles. The molecule has 0 atom stereocenters. The number of benzene rings is 1. The molecule has 0 aliphatic rings. The Morgan fingerprint density at radius 2 is 2.05 bits per heavy atom. The summed E-state index contributed by atoms with van der Waals surface area (Å²) in [6, 6.07) is 5.88. The van der Waals surface area contributed by atoms with Crippen LogP contribution in [0, 0.1) is 0 Å². The minimum atomic E-state index is 0.143. The highest BCUT2D eigenvalue weighted by Crippen LogP contribution is 2.26. The normalized spacial score (nSPS) is 10.7. The van der Waals surface area contributed by atoms with Gasteiger partial charge in [0.15, 0.2) is 0 Å². The summed E-state index contributed by atoms with van der Waals surface area (Å²) < 4.78 is 5.68. The van der Waals surface area contributed by atoms with E-state index < -0.39 is 0 Å². The number of nitrogens with one attached hydrogen (secondary N) is 1. The number of thioether (sulfide) groups is 1. The zero-order valence-corrected chi connectivity index (χ0v) is 13.1. The molecule has 0 spiro atoms. The Balaban J connectivity index is 2.37. The van der Waals surface area contributed by atoms with Crippen LogP contribution in [0.25, 0.3) is 0 Å². The van der Waals surface area contributed by atoms with Crippen LogP contribution in [0.5, 0.6) is 5.75 Å². The Kier molecular flexibility index (Phi) is 7.56. The van der Waals surface area contributed by atoms with Crippen molar-refractivity contribution in [2.24, 2.45) is 0 Å². The van der Waals surface area contributed by atoms with Crippen molar-refractivity contribution in [2.75, 3.05) is 29.6 Å². The SMILES string of the molecule is CSCCCCCNc1ccc(N)c(OC(C)C)c1. The second kappa shape index (κ2) is 8.97. The van der Waals surface area contributed by atoms with E-state index in [0.29, 0.717) is 5.69 Å². The average molecular weight is 282 g/mol. The first-order valence-electron chi connectivity index (χ1n) is 6.92. The number of hydrogen-bond donors (Lipinski definition) is 2. The molecule has 0 heterocycles. The third-order valence-corrected chi connectivity index (χ3v) is 3.43. The molecule has 3 N–H and O–H groups in total. The van der Waals surface area contributed by atoms with E-state index in [1.165, 1.54) is 25.0 Å². The maximum absolute atomic E-state index is 5.89. The molecule has 1 rings (SSSR count). The number of rotatable bonds is 9. The molecule has 0 bridgehead atoms. The van der Waals surface area contributed by atoms with Crippen molar-refractivity contribution in [3.8, 4) is 5.75 Å². The van der Waals surface area contributed by atoms with Crippen molar-refractivity contribution >= 4 is 23.1 Å². The van der Waals surface area contributed by atoms with Gasteiger partial charge in [-0.3, -0.25) is 0 Å². The predicted octanol–water partition coefficient (Wildman–Crippen LogP) is 4.00. The van der Waals surface area contributed by atoms with Crippen LogP contribution in [0.4, 0.5) is 11.4 Å². The predicted molar refractivity (Wildman–Crippen MR) is 87.3 cm³/mol. The molecule has 0 aliphatic heterocycles. The van der Waals surface area contributed by atoms with Crippen LogP contribution in [0.2, 0.25) is 0 Å². The average Bonchev–Trinajstić information content (AvgIpc) is 2.37. The van der Waals surface area contributed by atoms with Crippen molar-refractivity contribution in [2.45, 2.75) is 39.2 Å². The Bertz CT molecular complexity index is 369. The Morgan fingerprint density at radius 3 is 2.74 bits per heavy atom. The van der Waals surface area contributed by atoms with Crippen LogP contribution in [-0.2, 0) is 0 Å². The van der Waals surface area contributed by atoms with Gasteiger partial charge in [0.2, 0.25) is 0 Å². The summed E-state index contributed by atoms with van der Waals surface area (Å²) >= 11 is 1.91. The number of anilines is 2. The number of nitrogens with two attached hydrogens (primary N) is 1. The van der Waals surface area contributed by atoms with Crippen molar-refractivity contribution in [3.63, 3.8) is 0 Å². The van der Waals surface area contributed by atoms with Gasteiger partial charge in [-0.2, -0.15) is 11.8 Å². The van der Waals surface area contributed by atoms with Crippen LogP contribution in [0.15, 0.2) is 18.2 Å². The molecule has 0 unspecified atom stereocenters. The maximum atomic E-state index is 5.89. The maximum Gasteiger partial charge on any atom is 0.144 e. The molecular weight excluding hydrogens is 256 g/mol. The lowest BCUT2D eigenvalue weighted by Crippen LogP contribution is -2.08. The first-order chi connectivity index (χ1) is 9.13. The molecule has 1 aromatic rings. The van der Waals surface area contributed by atoms with Crippen LogP contribution >= 0.6 is 11.8 Å². The van der Waals surface area contributed by atoms with Crippen LogP contribution in [0.1, 0.15) is 33.1 Å². The second-order valence-corrected chi connectivity index (χ2v) is 5.89. The largest absolute Gasteiger partial charge is 0.489 e. The molecule has 0 aliphatic carbocycles. The molecule has 0 radical (unpaired) electrons. The number of nitrogen functional groups attached to an aromatic ring is 1. The van der Waals surface area contributed by atoms with Crippen molar-refractivity contribution in [1.82, 2.24) is 0 Å². The van der Waals surface area contributed by atoms with E-state index in [4.69, 9.17) is 10.5 Å². The lowest BCUT2D eigenvalue weighted by atomic mass is 10.2. The number of unbranched alkanes of at least 4 members (excludes halogenated alkanes) is 2. The third kappa shape index (κ3) is 6.62. The van der Waals surface area contributed by atoms with Gasteiger partial charge < -0.3 is 15.8 Å². The van der Waals surface area contributed by atoms with E-state index in [1.807, 2.05) is 43.8 Å². The molecule has 108 valence electrons. The van der Waals surface area contributed by atoms with E-state index >= 15 is 0 Å². The highest BCUT2D eigenvalue weighted by atomic mass is 32.2. The van der Waals surface area contributed by atoms with Crippen molar-refractivity contribution in [1.29, 1.82) is 0 Å². The Labute approximate surface area is 121 Å². The van der Waals surface area contributed by atoms with E-state index in [-0.39, 0.29) is 6.10 Å². The molecule has 0 amide bonds. The topological polar surface area (TPSA) is 47.3 Å². The molecule has 0 saturated heterocycles. The van der Waals surface area contributed by atoms with Gasteiger partial charge in [-0.1, -0.05) is 6.42 Å². The fourth-order valence-corrected chi connectivity index (χ4v) is 2.27. The molecule has 0 fully saturated rings. The summed E-state index contributed by atoms with van der Waals surface area (Å²) in [5.41, 5.74) is 7.66. The van der Waals surface area contributed by atoms with Gasteiger partial charge in [-0.05, 0) is 50.8 Å². The number of ether oxygens (including phenoxy) is 1. The minimum absolute atomic E-state index is 0.143. The standard InChI is InChI=1S/C15H26N2OS/c1-12(2)18-15-11-13(7-8-14(15)16)17-9-5-4-6-10-19-3/h7-8,11-12,17H,4-6,9-10,16H2,1-3H3. The first kappa shape index (κ1) is 16.0. The van der Waals surface area contributed by atoms with Crippen molar-refractivity contribution < 1.29 is 4.74 Å². The summed E-state index contributed by atoms with van der Waals surface area (Å²) in [6.45, 7) is 5.01. The van der Waals surface area contributed by atoms with Crippen LogP contribution in [-0.4, -0.2) is 24.7 Å². The Morgan fingerprint density at radius 1 is 1.26 bits per heavy atom. The monoisotopic (exact) mass is 282 g/mol. The molecule has 0 aromatic heterocycles. The Hall–Kier alpha value is -1.03. The fourth-order valence-electron chi connectivity index (χ4n) is 1.78. The zero-order valence-electron chi connectivity index (χ0n) is 12.2. The van der Waals surface area contributed by atoms with Crippen LogP contribution in [0.3, 0.4) is 0 Å². The quantitative estimate of drug-likeness (QED) is 0.531. The van der Waals surface area contributed by atoms with Gasteiger partial charge >= 0.3 is 0 Å². The van der Waals surface area contributed by atoms with Gasteiger partial charge in [0.1, 0.15) is 5.75 Å². The van der Waals surface area contributed by atoms with E-state index in [0.717, 1.165) is 18.0 Å². The van der Waals surface area contributed by atoms with E-state index in [2.05, 4.69) is 11.6 Å². The molecule has 3 nitrogen and oxygen atoms in total. The second-order valence-electron chi connectivity index (χ2n) is 4.90. The molecule has 19 heavy (non-hydrogen) atoms. The fraction of sp³-hybridized carbons (Fsp3) is 0.600. The van der Waals surface area contributed by atoms with Crippen LogP contribution < -0.4 is 15.8 Å². The lowest BCUT2D eigenvalue weighted by Gasteiger charge is -2.14. The smallest absolute Gasteiger partial charge is 0.144 e. The first-order valence-corrected chi connectivity index (χ1v) is 8.32. The van der Waals surface area contributed by atoms with Gasteiger partial charge in [-0.15, -0.1) is 0 Å². The lowest BCUT2D eigenvalue weighted by molar-refractivity contribution is 0.244. The zero-order chi connectivity index (χ0) is 14.1. The van der Waals surface area contributed by atoms with Gasteiger partial charge in [0, 0.05) is 18.3 Å². The number of hydrogen-bond acceptors (Lipinski definition) is 4.